The molecule has 0 spiro atoms. The number of hydrogen-bond acceptors (Lipinski definition) is 4. The van der Waals surface area contributed by atoms with Gasteiger partial charge in [-0.3, -0.25) is 9.69 Å². The molecule has 0 radical (unpaired) electrons. The van der Waals surface area contributed by atoms with Crippen molar-refractivity contribution in [2.24, 2.45) is 0 Å². The molecule has 8 heteroatoms. The number of nitrogens with zero attached hydrogens (tertiary/aromatic N) is 2. The van der Waals surface area contributed by atoms with E-state index in [1.807, 2.05) is 0 Å². The van der Waals surface area contributed by atoms with Gasteiger partial charge in [-0.05, 0) is 44.4 Å². The summed E-state index contributed by atoms with van der Waals surface area (Å²) in [6, 6.07) is 6.53. The number of amides is 3. The van der Waals surface area contributed by atoms with Crippen LogP contribution in [0.1, 0.15) is 37.1 Å². The minimum Gasteiger partial charge on any atom is -0.360 e. The minimum atomic E-state index is -0.754. The summed E-state index contributed by atoms with van der Waals surface area (Å²) < 4.78 is 18.7. The van der Waals surface area contributed by atoms with Crippen LogP contribution < -0.4 is 10.6 Å². The highest BCUT2D eigenvalue weighted by Crippen LogP contribution is 2.37. The maximum absolute atomic E-state index is 13.7. The summed E-state index contributed by atoms with van der Waals surface area (Å²) in [5, 5.41) is 9.32. The number of hydrogen-bond donors (Lipinski definition) is 2. The fourth-order valence-corrected chi connectivity index (χ4v) is 3.37. The predicted molar refractivity (Wildman–Crippen MR) is 95.1 cm³/mol. The van der Waals surface area contributed by atoms with Gasteiger partial charge >= 0.3 is 6.03 Å². The molecule has 1 aromatic carbocycles. The first-order valence-electron chi connectivity index (χ1n) is 8.74. The fourth-order valence-electron chi connectivity index (χ4n) is 3.37. The molecule has 2 aliphatic rings. The number of urea groups is 1. The van der Waals surface area contributed by atoms with Crippen molar-refractivity contribution in [3.05, 3.63) is 58.7 Å². The number of allylic oxidation sites excluding steroid dienone is 1. The molecule has 4 rings (SSSR count). The van der Waals surface area contributed by atoms with E-state index >= 15 is 0 Å². The summed E-state index contributed by atoms with van der Waals surface area (Å²) in [6.07, 6.45) is 1.79. The highest BCUT2D eigenvalue weighted by Gasteiger charge is 2.42. The van der Waals surface area contributed by atoms with Crippen LogP contribution >= 0.6 is 0 Å². The summed E-state index contributed by atoms with van der Waals surface area (Å²) in [4.78, 5) is 27.3. The third-order valence-electron chi connectivity index (χ3n) is 4.73. The molecule has 0 saturated heterocycles. The van der Waals surface area contributed by atoms with Gasteiger partial charge in [-0.25, -0.2) is 9.18 Å². The van der Waals surface area contributed by atoms with Gasteiger partial charge in [0.2, 0.25) is 0 Å². The van der Waals surface area contributed by atoms with E-state index in [1.165, 1.54) is 12.1 Å². The average Bonchev–Trinajstić information content (AvgIpc) is 3.36. The number of aryl methyl sites for hydroxylation is 1. The lowest BCUT2D eigenvalue weighted by Gasteiger charge is -2.35. The lowest BCUT2D eigenvalue weighted by molar-refractivity contribution is -0.113. The maximum atomic E-state index is 13.7. The first-order chi connectivity index (χ1) is 12.9. The second-order valence-corrected chi connectivity index (χ2v) is 6.81. The Morgan fingerprint density at radius 3 is 2.74 bits per heavy atom. The number of anilines is 1. The molecule has 7 nitrogen and oxygen atoms in total. The van der Waals surface area contributed by atoms with Crippen molar-refractivity contribution >= 4 is 17.8 Å². The number of benzene rings is 1. The van der Waals surface area contributed by atoms with Crippen molar-refractivity contribution in [1.29, 1.82) is 0 Å². The summed E-state index contributed by atoms with van der Waals surface area (Å²) in [6.45, 7) is 3.46. The monoisotopic (exact) mass is 370 g/mol. The van der Waals surface area contributed by atoms with Crippen molar-refractivity contribution < 1.29 is 18.5 Å². The minimum absolute atomic E-state index is 0.0931. The van der Waals surface area contributed by atoms with Gasteiger partial charge in [-0.15, -0.1) is 0 Å². The summed E-state index contributed by atoms with van der Waals surface area (Å²) >= 11 is 0. The van der Waals surface area contributed by atoms with Crippen LogP contribution in [-0.4, -0.2) is 28.0 Å². The first kappa shape index (κ1) is 17.3. The van der Waals surface area contributed by atoms with Gasteiger partial charge in [0.1, 0.15) is 11.6 Å². The number of carbonyl (C=O) groups excluding carboxylic acids is 2. The van der Waals surface area contributed by atoms with E-state index in [0.29, 0.717) is 22.6 Å². The number of nitrogens with one attached hydrogen (secondary N) is 2. The molecule has 1 atom stereocenters. The number of carbonyl (C=O) groups is 2. The molecule has 1 aromatic heterocycles. The Bertz CT molecular complexity index is 948. The second-order valence-electron chi connectivity index (χ2n) is 6.81. The molecule has 2 heterocycles. The normalized spacial score (nSPS) is 19.9. The van der Waals surface area contributed by atoms with Gasteiger partial charge in [0.25, 0.3) is 5.91 Å². The van der Waals surface area contributed by atoms with E-state index in [-0.39, 0.29) is 17.9 Å². The zero-order valence-corrected chi connectivity index (χ0v) is 15.0. The highest BCUT2D eigenvalue weighted by molar-refractivity contribution is 6.06. The maximum Gasteiger partial charge on any atom is 0.322 e. The molecule has 0 unspecified atom stereocenters. The first-order valence-corrected chi connectivity index (χ1v) is 8.74. The Morgan fingerprint density at radius 1 is 1.33 bits per heavy atom. The summed E-state index contributed by atoms with van der Waals surface area (Å²) in [5.74, 6) is -0.00322. The zero-order valence-electron chi connectivity index (χ0n) is 15.0. The lowest BCUT2D eigenvalue weighted by atomic mass is 9.94. The predicted octanol–water partition coefficient (Wildman–Crippen LogP) is 3.26. The van der Waals surface area contributed by atoms with Crippen LogP contribution in [0.2, 0.25) is 0 Å². The number of halogens is 1. The van der Waals surface area contributed by atoms with Crippen molar-refractivity contribution in [3.8, 4) is 0 Å². The lowest BCUT2D eigenvalue weighted by Crippen LogP contribution is -2.49. The van der Waals surface area contributed by atoms with Crippen molar-refractivity contribution in [1.82, 2.24) is 15.4 Å². The number of aromatic nitrogens is 1. The molecule has 1 aliphatic carbocycles. The summed E-state index contributed by atoms with van der Waals surface area (Å²) in [5.41, 5.74) is 1.42. The molecule has 0 bridgehead atoms. The summed E-state index contributed by atoms with van der Waals surface area (Å²) in [7, 11) is 0. The van der Waals surface area contributed by atoms with Crippen LogP contribution in [0.5, 0.6) is 0 Å². The SMILES string of the molecule is CC1=C(C(=O)Nc2cc(C)on2)[C@H](c2cccc(F)c2)NC(=O)N1C1CC1. The third kappa shape index (κ3) is 3.30. The Hall–Kier alpha value is -3.16. The van der Waals surface area contributed by atoms with Gasteiger partial charge in [0.15, 0.2) is 5.82 Å². The van der Waals surface area contributed by atoms with Crippen LogP contribution in [0.25, 0.3) is 0 Å². The molecule has 1 fully saturated rings. The molecular weight excluding hydrogens is 351 g/mol. The van der Waals surface area contributed by atoms with E-state index < -0.39 is 17.8 Å². The average molecular weight is 370 g/mol. The standard InChI is InChI=1S/C19H19FN4O3/c1-10-8-15(23-27-10)21-18(25)16-11(2)24(14-6-7-14)19(26)22-17(16)12-4-3-5-13(20)9-12/h3-5,8-9,14,17H,6-7H2,1-2H3,(H,22,26)(H,21,23,25)/t17-/m0/s1. The van der Waals surface area contributed by atoms with E-state index in [9.17, 15) is 14.0 Å². The van der Waals surface area contributed by atoms with E-state index in [1.54, 1.807) is 36.9 Å². The van der Waals surface area contributed by atoms with Gasteiger partial charge in [-0.2, -0.15) is 0 Å². The van der Waals surface area contributed by atoms with Gasteiger partial charge in [-0.1, -0.05) is 17.3 Å². The molecule has 27 heavy (non-hydrogen) atoms. The van der Waals surface area contributed by atoms with Crippen LogP contribution in [0.4, 0.5) is 15.0 Å². The van der Waals surface area contributed by atoms with Crippen molar-refractivity contribution in [2.45, 2.75) is 38.8 Å². The molecule has 1 aliphatic heterocycles. The number of rotatable bonds is 4. The van der Waals surface area contributed by atoms with E-state index in [0.717, 1.165) is 12.8 Å². The molecule has 1 saturated carbocycles. The van der Waals surface area contributed by atoms with E-state index in [4.69, 9.17) is 4.52 Å². The zero-order chi connectivity index (χ0) is 19.1. The van der Waals surface area contributed by atoms with Crippen LogP contribution in [-0.2, 0) is 4.79 Å². The molecule has 3 amide bonds. The van der Waals surface area contributed by atoms with Gasteiger partial charge in [0.05, 0.1) is 11.6 Å². The molecular formula is C19H19FN4O3. The van der Waals surface area contributed by atoms with Crippen LogP contribution in [0.15, 0.2) is 46.1 Å². The highest BCUT2D eigenvalue weighted by atomic mass is 19.1. The van der Waals surface area contributed by atoms with E-state index in [2.05, 4.69) is 15.8 Å². The molecule has 2 N–H and O–H groups in total. The van der Waals surface area contributed by atoms with Crippen LogP contribution in [0, 0.1) is 12.7 Å². The van der Waals surface area contributed by atoms with Crippen molar-refractivity contribution in [3.63, 3.8) is 0 Å². The smallest absolute Gasteiger partial charge is 0.322 e. The fraction of sp³-hybridized carbons (Fsp3) is 0.316. The van der Waals surface area contributed by atoms with Crippen LogP contribution in [0.3, 0.4) is 0 Å². The quantitative estimate of drug-likeness (QED) is 0.865. The third-order valence-corrected chi connectivity index (χ3v) is 4.73. The molecule has 140 valence electrons. The second kappa shape index (κ2) is 6.53. The van der Waals surface area contributed by atoms with Gasteiger partial charge < -0.3 is 15.2 Å². The Kier molecular flexibility index (Phi) is 4.18. The Balaban J connectivity index is 1.74. The molecule has 2 aromatic rings. The Labute approximate surface area is 155 Å². The van der Waals surface area contributed by atoms with Crippen molar-refractivity contribution in [2.75, 3.05) is 5.32 Å². The van der Waals surface area contributed by atoms with Gasteiger partial charge in [0, 0.05) is 17.8 Å². The Morgan fingerprint density at radius 2 is 2.11 bits per heavy atom. The topological polar surface area (TPSA) is 87.5 Å². The largest absolute Gasteiger partial charge is 0.360 e.